The van der Waals surface area contributed by atoms with Crippen LogP contribution in [0, 0.1) is 5.92 Å². The summed E-state index contributed by atoms with van der Waals surface area (Å²) in [5.41, 5.74) is 0. The molecule has 1 N–H and O–H groups in total. The van der Waals surface area contributed by atoms with Crippen LogP contribution >= 0.6 is 0 Å². The predicted molar refractivity (Wildman–Crippen MR) is 71.8 cm³/mol. The molecule has 1 rings (SSSR count). The summed E-state index contributed by atoms with van der Waals surface area (Å²) in [6.07, 6.45) is 1.37. The fourth-order valence-corrected chi connectivity index (χ4v) is 3.52. The molecule has 0 aromatic heterocycles. The smallest absolute Gasteiger partial charge is 0.309 e. The van der Waals surface area contributed by atoms with Crippen molar-refractivity contribution in [2.75, 3.05) is 31.8 Å². The second kappa shape index (κ2) is 7.58. The van der Waals surface area contributed by atoms with Crippen LogP contribution in [0.2, 0.25) is 0 Å². The Labute approximate surface area is 118 Å². The maximum Gasteiger partial charge on any atom is 0.309 e. The van der Waals surface area contributed by atoms with Gasteiger partial charge in [0.2, 0.25) is 5.91 Å². The number of rotatable bonds is 6. The maximum atomic E-state index is 11.8. The highest BCUT2D eigenvalue weighted by atomic mass is 32.2. The van der Waals surface area contributed by atoms with Crippen molar-refractivity contribution >= 4 is 21.7 Å². The van der Waals surface area contributed by atoms with Crippen molar-refractivity contribution in [2.45, 2.75) is 25.8 Å². The maximum absolute atomic E-state index is 11.8. The van der Waals surface area contributed by atoms with Crippen molar-refractivity contribution in [3.8, 4) is 0 Å². The summed E-state index contributed by atoms with van der Waals surface area (Å²) >= 11 is 0. The molecule has 7 nitrogen and oxygen atoms in total. The van der Waals surface area contributed by atoms with E-state index >= 15 is 0 Å². The van der Waals surface area contributed by atoms with E-state index in [0.29, 0.717) is 26.1 Å². The zero-order valence-corrected chi connectivity index (χ0v) is 12.6. The molecule has 1 unspecified atom stereocenters. The van der Waals surface area contributed by atoms with Crippen molar-refractivity contribution in [1.82, 2.24) is 5.32 Å². The lowest BCUT2D eigenvalue weighted by Crippen LogP contribution is -2.42. The molecule has 0 aromatic rings. The monoisotopic (exact) mass is 307 g/mol. The molecule has 1 atom stereocenters. The summed E-state index contributed by atoms with van der Waals surface area (Å²) in [5.74, 6) is -2.90. The molecule has 0 radical (unpaired) electrons. The summed E-state index contributed by atoms with van der Waals surface area (Å²) in [7, 11) is -2.43. The molecule has 1 aliphatic heterocycles. The highest BCUT2D eigenvalue weighted by molar-refractivity contribution is 7.92. The summed E-state index contributed by atoms with van der Waals surface area (Å²) in [5, 5.41) is 2.68. The zero-order chi connectivity index (χ0) is 15.2. The lowest BCUT2D eigenvalue weighted by Gasteiger charge is -2.23. The summed E-state index contributed by atoms with van der Waals surface area (Å²) in [6, 6.07) is -0.0375. The number of carbonyl (C=O) groups is 2. The summed E-state index contributed by atoms with van der Waals surface area (Å²) in [6.45, 7) is 2.59. The van der Waals surface area contributed by atoms with Gasteiger partial charge in [0.15, 0.2) is 9.84 Å². The van der Waals surface area contributed by atoms with Gasteiger partial charge in [-0.15, -0.1) is 0 Å². The first-order chi connectivity index (χ1) is 9.34. The number of methoxy groups -OCH3 is 1. The van der Waals surface area contributed by atoms with E-state index in [1.54, 1.807) is 0 Å². The third-order valence-corrected chi connectivity index (χ3v) is 4.75. The fourth-order valence-electron chi connectivity index (χ4n) is 2.02. The van der Waals surface area contributed by atoms with E-state index in [-0.39, 0.29) is 11.8 Å². The molecule has 1 saturated heterocycles. The number of hydrogen-bond donors (Lipinski definition) is 1. The van der Waals surface area contributed by atoms with Crippen LogP contribution in [0.4, 0.5) is 0 Å². The molecule has 20 heavy (non-hydrogen) atoms. The first-order valence-corrected chi connectivity index (χ1v) is 8.31. The number of hydrogen-bond acceptors (Lipinski definition) is 6. The van der Waals surface area contributed by atoms with Gasteiger partial charge in [0.1, 0.15) is 5.75 Å². The molecule has 1 aliphatic rings. The van der Waals surface area contributed by atoms with E-state index in [9.17, 15) is 18.0 Å². The van der Waals surface area contributed by atoms with Crippen LogP contribution < -0.4 is 5.32 Å². The molecule has 8 heteroatoms. The van der Waals surface area contributed by atoms with Gasteiger partial charge in [-0.1, -0.05) is 6.92 Å². The van der Waals surface area contributed by atoms with Gasteiger partial charge >= 0.3 is 5.97 Å². The molecular weight excluding hydrogens is 286 g/mol. The molecule has 0 saturated carbocycles. The van der Waals surface area contributed by atoms with Gasteiger partial charge in [0.05, 0.1) is 18.8 Å². The lowest BCUT2D eigenvalue weighted by molar-refractivity contribution is -0.144. The molecule has 1 heterocycles. The largest absolute Gasteiger partial charge is 0.469 e. The number of sulfone groups is 1. The number of esters is 1. The van der Waals surface area contributed by atoms with Crippen LogP contribution in [-0.4, -0.2) is 58.2 Å². The first kappa shape index (κ1) is 16.9. The van der Waals surface area contributed by atoms with Crippen LogP contribution in [-0.2, 0) is 28.9 Å². The van der Waals surface area contributed by atoms with Crippen LogP contribution in [0.5, 0.6) is 0 Å². The Kier molecular flexibility index (Phi) is 6.41. The Morgan fingerprint density at radius 1 is 1.35 bits per heavy atom. The minimum absolute atomic E-state index is 0.0375. The van der Waals surface area contributed by atoms with Crippen LogP contribution in [0.3, 0.4) is 0 Å². The molecule has 0 bridgehead atoms. The Bertz CT molecular complexity index is 441. The van der Waals surface area contributed by atoms with Gasteiger partial charge in [0.25, 0.3) is 0 Å². The van der Waals surface area contributed by atoms with E-state index < -0.39 is 33.4 Å². The molecule has 0 aromatic carbocycles. The average Bonchev–Trinajstić information content (AvgIpc) is 2.37. The minimum atomic E-state index is -3.63. The number of ether oxygens (including phenoxy) is 2. The highest BCUT2D eigenvalue weighted by Gasteiger charge is 2.26. The van der Waals surface area contributed by atoms with Crippen molar-refractivity contribution in [1.29, 1.82) is 0 Å². The Hall–Kier alpha value is -1.15. The van der Waals surface area contributed by atoms with Crippen molar-refractivity contribution in [3.63, 3.8) is 0 Å². The van der Waals surface area contributed by atoms with E-state index in [0.717, 1.165) is 0 Å². The molecule has 116 valence electrons. The Morgan fingerprint density at radius 2 is 1.95 bits per heavy atom. The van der Waals surface area contributed by atoms with Gasteiger partial charge in [-0.25, -0.2) is 8.42 Å². The minimum Gasteiger partial charge on any atom is -0.469 e. The van der Waals surface area contributed by atoms with Crippen molar-refractivity contribution < 1.29 is 27.5 Å². The second-order valence-electron chi connectivity index (χ2n) is 4.93. The highest BCUT2D eigenvalue weighted by Crippen LogP contribution is 2.07. The van der Waals surface area contributed by atoms with Gasteiger partial charge in [-0.3, -0.25) is 9.59 Å². The second-order valence-corrected chi connectivity index (χ2v) is 7.04. The van der Waals surface area contributed by atoms with E-state index in [1.807, 2.05) is 0 Å². The first-order valence-electron chi connectivity index (χ1n) is 6.49. The van der Waals surface area contributed by atoms with Crippen molar-refractivity contribution in [3.05, 3.63) is 0 Å². The zero-order valence-electron chi connectivity index (χ0n) is 11.8. The molecular formula is C12H21NO6S. The third-order valence-electron chi connectivity index (χ3n) is 3.04. The fraction of sp³-hybridized carbons (Fsp3) is 0.833. The van der Waals surface area contributed by atoms with Crippen LogP contribution in [0.15, 0.2) is 0 Å². The van der Waals surface area contributed by atoms with Crippen LogP contribution in [0.25, 0.3) is 0 Å². The normalized spacial score (nSPS) is 18.3. The number of nitrogens with one attached hydrogen (secondary N) is 1. The Balaban J connectivity index is 2.44. The quantitative estimate of drug-likeness (QED) is 0.665. The van der Waals surface area contributed by atoms with Crippen LogP contribution in [0.1, 0.15) is 19.8 Å². The van der Waals surface area contributed by atoms with Crippen molar-refractivity contribution in [2.24, 2.45) is 5.92 Å². The van der Waals surface area contributed by atoms with E-state index in [4.69, 9.17) is 4.74 Å². The molecule has 1 amide bonds. The number of carbonyl (C=O) groups excluding carboxylic acids is 2. The number of amides is 1. The van der Waals surface area contributed by atoms with E-state index in [2.05, 4.69) is 10.1 Å². The molecule has 0 aliphatic carbocycles. The Morgan fingerprint density at radius 3 is 2.50 bits per heavy atom. The predicted octanol–water partition coefficient (Wildman–Crippen LogP) is -0.494. The summed E-state index contributed by atoms with van der Waals surface area (Å²) in [4.78, 5) is 22.9. The lowest BCUT2D eigenvalue weighted by atomic mass is 10.1. The standard InChI is InChI=1S/C12H21NO6S/c1-9(12(15)18-2)7-20(16,17)8-11(14)13-10-3-5-19-6-4-10/h9-10H,3-8H2,1-2H3,(H,13,14). The van der Waals surface area contributed by atoms with Gasteiger partial charge in [0, 0.05) is 19.3 Å². The third kappa shape index (κ3) is 5.87. The topological polar surface area (TPSA) is 98.8 Å². The van der Waals surface area contributed by atoms with Gasteiger partial charge < -0.3 is 14.8 Å². The SMILES string of the molecule is COC(=O)C(C)CS(=O)(=O)CC(=O)NC1CCOCC1. The average molecular weight is 307 g/mol. The molecule has 1 fully saturated rings. The summed E-state index contributed by atoms with van der Waals surface area (Å²) < 4.78 is 33.3. The van der Waals surface area contributed by atoms with E-state index in [1.165, 1.54) is 14.0 Å². The molecule has 0 spiro atoms. The van der Waals surface area contributed by atoms with Gasteiger partial charge in [-0.05, 0) is 12.8 Å². The van der Waals surface area contributed by atoms with Gasteiger partial charge in [-0.2, -0.15) is 0 Å².